The third-order valence-corrected chi connectivity index (χ3v) is 2.66. The molecule has 112 valence electrons. The molecule has 0 atom stereocenters. The van der Waals surface area contributed by atoms with Gasteiger partial charge in [-0.15, -0.1) is 0 Å². The molecule has 0 aliphatic heterocycles. The maximum atomic E-state index is 13.0. The summed E-state index contributed by atoms with van der Waals surface area (Å²) in [6, 6.07) is 6.61. The van der Waals surface area contributed by atoms with E-state index in [-0.39, 0.29) is 12.5 Å². The fourth-order valence-electron chi connectivity index (χ4n) is 1.76. The van der Waals surface area contributed by atoms with Gasteiger partial charge in [-0.2, -0.15) is 0 Å². The molecular weight excluding hydrogens is 284 g/mol. The highest BCUT2D eigenvalue weighted by Crippen LogP contribution is 2.33. The lowest BCUT2D eigenvalue weighted by Crippen LogP contribution is -2.06. The highest BCUT2D eigenvalue weighted by Gasteiger charge is 2.28. The first-order chi connectivity index (χ1) is 10.1. The number of oxazole rings is 1. The van der Waals surface area contributed by atoms with Gasteiger partial charge in [-0.25, -0.2) is 18.6 Å². The van der Waals surface area contributed by atoms with Crippen LogP contribution in [-0.2, 0) is 4.74 Å². The molecule has 0 saturated heterocycles. The third kappa shape index (κ3) is 3.01. The molecule has 0 aliphatic carbocycles. The molecule has 1 aromatic heterocycles. The van der Waals surface area contributed by atoms with Crippen molar-refractivity contribution >= 4 is 5.97 Å². The van der Waals surface area contributed by atoms with Crippen molar-refractivity contribution in [3.8, 4) is 17.2 Å². The van der Waals surface area contributed by atoms with Crippen molar-refractivity contribution in [2.45, 2.75) is 13.3 Å². The van der Waals surface area contributed by atoms with E-state index >= 15 is 0 Å². The summed E-state index contributed by atoms with van der Waals surface area (Å²) >= 11 is 0. The number of hydrogen-bond donors (Lipinski definition) is 0. The van der Waals surface area contributed by atoms with Gasteiger partial charge in [0.2, 0.25) is 11.7 Å². The lowest BCUT2D eigenvalue weighted by Gasteiger charge is -2.03. The predicted octanol–water partition coefficient (Wildman–Crippen LogP) is 3.46. The lowest BCUT2D eigenvalue weighted by molar-refractivity contribution is 0.0476. The molecule has 7 heteroatoms. The van der Waals surface area contributed by atoms with Gasteiger partial charge in [0.15, 0.2) is 5.69 Å². The van der Waals surface area contributed by atoms with E-state index in [1.165, 1.54) is 7.11 Å². The summed E-state index contributed by atoms with van der Waals surface area (Å²) in [5.74, 6) is -1.28. The molecule has 0 amide bonds. The van der Waals surface area contributed by atoms with Crippen molar-refractivity contribution in [2.24, 2.45) is 0 Å². The molecule has 0 aliphatic rings. The molecule has 21 heavy (non-hydrogen) atoms. The van der Waals surface area contributed by atoms with Crippen LogP contribution in [0.1, 0.15) is 29.6 Å². The second-order valence-corrected chi connectivity index (χ2v) is 3.95. The standard InChI is InChI=1S/C14H13F2NO4/c1-3-20-14(18)11-10(12(15)16)17-13(21-11)8-6-4-5-7-9(8)19-2/h4-7,12H,3H2,1-2H3. The molecule has 5 nitrogen and oxygen atoms in total. The number of ether oxygens (including phenoxy) is 2. The van der Waals surface area contributed by atoms with Crippen molar-refractivity contribution in [1.29, 1.82) is 0 Å². The van der Waals surface area contributed by atoms with Crippen molar-refractivity contribution in [1.82, 2.24) is 4.98 Å². The zero-order chi connectivity index (χ0) is 15.4. The Kier molecular flexibility index (Phi) is 4.52. The Labute approximate surface area is 119 Å². The molecule has 1 aromatic carbocycles. The number of carbonyl (C=O) groups is 1. The number of halogens is 2. The summed E-state index contributed by atoms with van der Waals surface area (Å²) in [7, 11) is 1.43. The van der Waals surface area contributed by atoms with Crippen LogP contribution in [0, 0.1) is 0 Å². The topological polar surface area (TPSA) is 61.6 Å². The number of benzene rings is 1. The van der Waals surface area contributed by atoms with E-state index in [1.807, 2.05) is 0 Å². The van der Waals surface area contributed by atoms with Gasteiger partial charge in [-0.05, 0) is 19.1 Å². The van der Waals surface area contributed by atoms with Gasteiger partial charge >= 0.3 is 5.97 Å². The first-order valence-corrected chi connectivity index (χ1v) is 6.17. The monoisotopic (exact) mass is 297 g/mol. The summed E-state index contributed by atoms with van der Waals surface area (Å²) in [4.78, 5) is 15.3. The Balaban J connectivity index is 2.51. The molecule has 0 bridgehead atoms. The highest BCUT2D eigenvalue weighted by molar-refractivity contribution is 5.88. The molecule has 0 unspecified atom stereocenters. The smallest absolute Gasteiger partial charge is 0.376 e. The Hall–Kier alpha value is -2.44. The Morgan fingerprint density at radius 2 is 2.10 bits per heavy atom. The second-order valence-electron chi connectivity index (χ2n) is 3.95. The number of rotatable bonds is 5. The van der Waals surface area contributed by atoms with Crippen molar-refractivity contribution < 1.29 is 27.5 Å². The van der Waals surface area contributed by atoms with E-state index < -0.39 is 23.8 Å². The van der Waals surface area contributed by atoms with Crippen LogP contribution < -0.4 is 4.74 Å². The Morgan fingerprint density at radius 3 is 2.71 bits per heavy atom. The van der Waals surface area contributed by atoms with Crippen LogP contribution in [0.3, 0.4) is 0 Å². The number of esters is 1. The van der Waals surface area contributed by atoms with Crippen LogP contribution >= 0.6 is 0 Å². The Morgan fingerprint density at radius 1 is 1.38 bits per heavy atom. The minimum Gasteiger partial charge on any atom is -0.496 e. The largest absolute Gasteiger partial charge is 0.496 e. The summed E-state index contributed by atoms with van der Waals surface area (Å²) < 4.78 is 40.9. The van der Waals surface area contributed by atoms with Crippen LogP contribution in [-0.4, -0.2) is 24.7 Å². The minimum atomic E-state index is -2.95. The molecule has 2 rings (SSSR count). The molecule has 0 fully saturated rings. The van der Waals surface area contributed by atoms with E-state index in [9.17, 15) is 13.6 Å². The number of hydrogen-bond acceptors (Lipinski definition) is 5. The van der Waals surface area contributed by atoms with E-state index in [2.05, 4.69) is 9.72 Å². The molecule has 0 N–H and O–H groups in total. The van der Waals surface area contributed by atoms with Crippen molar-refractivity contribution in [2.75, 3.05) is 13.7 Å². The van der Waals surface area contributed by atoms with Gasteiger partial charge in [-0.3, -0.25) is 0 Å². The van der Waals surface area contributed by atoms with Gasteiger partial charge in [-0.1, -0.05) is 12.1 Å². The average Bonchev–Trinajstić information content (AvgIpc) is 2.92. The number of alkyl halides is 2. The normalized spacial score (nSPS) is 10.7. The summed E-state index contributed by atoms with van der Waals surface area (Å²) in [6.45, 7) is 1.61. The molecule has 1 heterocycles. The van der Waals surface area contributed by atoms with Gasteiger partial charge in [0.25, 0.3) is 6.43 Å². The highest BCUT2D eigenvalue weighted by atomic mass is 19.3. The first kappa shape index (κ1) is 15.0. The molecular formula is C14H13F2NO4. The zero-order valence-electron chi connectivity index (χ0n) is 11.4. The van der Waals surface area contributed by atoms with E-state index in [1.54, 1.807) is 31.2 Å². The summed E-state index contributed by atoms with van der Waals surface area (Å²) in [6.07, 6.45) is -2.95. The summed E-state index contributed by atoms with van der Waals surface area (Å²) in [5.41, 5.74) is -0.369. The lowest BCUT2D eigenvalue weighted by atomic mass is 10.2. The fourth-order valence-corrected chi connectivity index (χ4v) is 1.76. The van der Waals surface area contributed by atoms with Crippen LogP contribution in [0.25, 0.3) is 11.5 Å². The average molecular weight is 297 g/mol. The number of para-hydroxylation sites is 1. The van der Waals surface area contributed by atoms with Crippen LogP contribution in [0.15, 0.2) is 28.7 Å². The maximum absolute atomic E-state index is 13.0. The SMILES string of the molecule is CCOC(=O)c1oc(-c2ccccc2OC)nc1C(F)F. The quantitative estimate of drug-likeness (QED) is 0.791. The van der Waals surface area contributed by atoms with Gasteiger partial charge < -0.3 is 13.9 Å². The van der Waals surface area contributed by atoms with Crippen LogP contribution in [0.4, 0.5) is 8.78 Å². The predicted molar refractivity (Wildman–Crippen MR) is 69.4 cm³/mol. The van der Waals surface area contributed by atoms with E-state index in [0.29, 0.717) is 11.3 Å². The number of aromatic nitrogens is 1. The van der Waals surface area contributed by atoms with Crippen LogP contribution in [0.2, 0.25) is 0 Å². The Bertz CT molecular complexity index is 640. The van der Waals surface area contributed by atoms with Gasteiger partial charge in [0, 0.05) is 0 Å². The number of carbonyl (C=O) groups excluding carboxylic acids is 1. The second kappa shape index (κ2) is 6.34. The summed E-state index contributed by atoms with van der Waals surface area (Å²) in [5, 5.41) is 0. The molecule has 2 aromatic rings. The van der Waals surface area contributed by atoms with Gasteiger partial charge in [0.1, 0.15) is 5.75 Å². The van der Waals surface area contributed by atoms with Crippen molar-refractivity contribution in [3.63, 3.8) is 0 Å². The van der Waals surface area contributed by atoms with Crippen molar-refractivity contribution in [3.05, 3.63) is 35.7 Å². The van der Waals surface area contributed by atoms with Crippen LogP contribution in [0.5, 0.6) is 5.75 Å². The zero-order valence-corrected chi connectivity index (χ0v) is 11.4. The number of methoxy groups -OCH3 is 1. The van der Waals surface area contributed by atoms with E-state index in [4.69, 9.17) is 9.15 Å². The molecule has 0 spiro atoms. The minimum absolute atomic E-state index is 0.0478. The van der Waals surface area contributed by atoms with Gasteiger partial charge in [0.05, 0.1) is 19.3 Å². The third-order valence-electron chi connectivity index (χ3n) is 2.66. The molecule has 0 radical (unpaired) electrons. The number of nitrogens with zero attached hydrogens (tertiary/aromatic N) is 1. The van der Waals surface area contributed by atoms with E-state index in [0.717, 1.165) is 0 Å². The first-order valence-electron chi connectivity index (χ1n) is 6.17. The molecule has 0 saturated carbocycles. The fraction of sp³-hybridized carbons (Fsp3) is 0.286. The maximum Gasteiger partial charge on any atom is 0.376 e.